The molecule has 0 saturated heterocycles. The molecular weight excluding hydrogens is 437 g/mol. The van der Waals surface area contributed by atoms with Gasteiger partial charge in [0.25, 0.3) is 0 Å². The predicted molar refractivity (Wildman–Crippen MR) is 105 cm³/mol. The van der Waals surface area contributed by atoms with Crippen LogP contribution >= 0.6 is 27.5 Å². The van der Waals surface area contributed by atoms with E-state index in [0.29, 0.717) is 22.1 Å². The average molecular weight is 455 g/mol. The van der Waals surface area contributed by atoms with E-state index in [2.05, 4.69) is 42.6 Å². The minimum absolute atomic E-state index is 0.0184. The van der Waals surface area contributed by atoms with Gasteiger partial charge >= 0.3 is 0 Å². The summed E-state index contributed by atoms with van der Waals surface area (Å²) < 4.78 is 14.2. The van der Waals surface area contributed by atoms with Gasteiger partial charge in [0.05, 0.1) is 29.3 Å². The lowest BCUT2D eigenvalue weighted by Gasteiger charge is -2.28. The number of halogens is 3. The van der Waals surface area contributed by atoms with E-state index in [1.807, 2.05) is 0 Å². The number of aliphatic hydroxyl groups is 1. The monoisotopic (exact) mass is 453 g/mol. The maximum Gasteiger partial charge on any atom is 0.229 e. The van der Waals surface area contributed by atoms with Crippen LogP contribution in [0.1, 0.15) is 31.2 Å². The molecule has 0 radical (unpaired) electrons. The molecule has 0 spiro atoms. The van der Waals surface area contributed by atoms with E-state index in [1.54, 1.807) is 6.07 Å². The summed E-state index contributed by atoms with van der Waals surface area (Å²) in [4.78, 5) is 8.48. The van der Waals surface area contributed by atoms with Crippen LogP contribution in [0, 0.1) is 23.1 Å². The SMILES string of the molecule is N#CC1CCCCC1Nc1nc(Nc2cc(F)c(Br)c(CO)c2)ncc1Cl. The third kappa shape index (κ3) is 4.67. The Morgan fingerprint density at radius 1 is 1.37 bits per heavy atom. The molecule has 3 N–H and O–H groups in total. The van der Waals surface area contributed by atoms with Crippen molar-refractivity contribution in [2.75, 3.05) is 10.6 Å². The highest BCUT2D eigenvalue weighted by atomic mass is 79.9. The zero-order valence-corrected chi connectivity index (χ0v) is 16.7. The second kappa shape index (κ2) is 8.83. The summed E-state index contributed by atoms with van der Waals surface area (Å²) in [5.74, 6) is 0.0717. The number of nitrogens with zero attached hydrogens (tertiary/aromatic N) is 3. The Morgan fingerprint density at radius 2 is 2.15 bits per heavy atom. The van der Waals surface area contributed by atoms with E-state index in [-0.39, 0.29) is 29.0 Å². The van der Waals surface area contributed by atoms with Crippen LogP contribution in [0.5, 0.6) is 0 Å². The van der Waals surface area contributed by atoms with Gasteiger partial charge in [-0.15, -0.1) is 0 Å². The Bertz CT molecular complexity index is 876. The molecule has 2 unspecified atom stereocenters. The van der Waals surface area contributed by atoms with Crippen molar-refractivity contribution in [1.82, 2.24) is 9.97 Å². The van der Waals surface area contributed by atoms with Crippen molar-refractivity contribution < 1.29 is 9.50 Å². The largest absolute Gasteiger partial charge is 0.392 e. The molecular formula is C18H18BrClFN5O. The number of rotatable bonds is 5. The summed E-state index contributed by atoms with van der Waals surface area (Å²) in [6.45, 7) is -0.307. The lowest BCUT2D eigenvalue weighted by molar-refractivity contribution is 0.280. The van der Waals surface area contributed by atoms with Crippen LogP contribution in [0.4, 0.5) is 21.8 Å². The van der Waals surface area contributed by atoms with Gasteiger partial charge in [-0.25, -0.2) is 9.37 Å². The smallest absolute Gasteiger partial charge is 0.229 e. The number of anilines is 3. The van der Waals surface area contributed by atoms with Crippen molar-refractivity contribution in [3.8, 4) is 6.07 Å². The minimum Gasteiger partial charge on any atom is -0.392 e. The molecule has 2 atom stereocenters. The quantitative estimate of drug-likeness (QED) is 0.603. The molecule has 0 aliphatic heterocycles. The summed E-state index contributed by atoms with van der Waals surface area (Å²) in [7, 11) is 0. The molecule has 142 valence electrons. The molecule has 6 nitrogen and oxygen atoms in total. The highest BCUT2D eigenvalue weighted by molar-refractivity contribution is 9.10. The summed E-state index contributed by atoms with van der Waals surface area (Å²) in [6.07, 6.45) is 5.27. The third-order valence-electron chi connectivity index (χ3n) is 4.53. The molecule has 27 heavy (non-hydrogen) atoms. The maximum atomic E-state index is 14.0. The second-order valence-electron chi connectivity index (χ2n) is 6.38. The topological polar surface area (TPSA) is 93.9 Å². The van der Waals surface area contributed by atoms with Crippen molar-refractivity contribution >= 4 is 45.0 Å². The van der Waals surface area contributed by atoms with Gasteiger partial charge in [0.1, 0.15) is 10.8 Å². The first kappa shape index (κ1) is 19.8. The summed E-state index contributed by atoms with van der Waals surface area (Å²) in [5.41, 5.74) is 0.810. The van der Waals surface area contributed by atoms with Gasteiger partial charge < -0.3 is 15.7 Å². The van der Waals surface area contributed by atoms with E-state index >= 15 is 0 Å². The minimum atomic E-state index is -0.504. The molecule has 1 aliphatic rings. The Balaban J connectivity index is 1.81. The van der Waals surface area contributed by atoms with Crippen LogP contribution in [0.2, 0.25) is 5.02 Å². The van der Waals surface area contributed by atoms with Crippen LogP contribution < -0.4 is 10.6 Å². The zero-order valence-electron chi connectivity index (χ0n) is 14.3. The lowest BCUT2D eigenvalue weighted by atomic mass is 9.85. The number of benzene rings is 1. The Hall–Kier alpha value is -1.95. The lowest BCUT2D eigenvalue weighted by Crippen LogP contribution is -2.31. The molecule has 1 saturated carbocycles. The van der Waals surface area contributed by atoms with Crippen molar-refractivity contribution in [2.45, 2.75) is 38.3 Å². The number of aliphatic hydroxyl groups excluding tert-OH is 1. The molecule has 1 aromatic heterocycles. The molecule has 0 bridgehead atoms. The highest BCUT2D eigenvalue weighted by Gasteiger charge is 2.26. The maximum absolute atomic E-state index is 14.0. The molecule has 3 rings (SSSR count). The van der Waals surface area contributed by atoms with E-state index in [4.69, 9.17) is 11.6 Å². The van der Waals surface area contributed by atoms with Gasteiger partial charge in [-0.3, -0.25) is 0 Å². The molecule has 9 heteroatoms. The molecule has 1 fully saturated rings. The summed E-state index contributed by atoms with van der Waals surface area (Å²) >= 11 is 9.31. The zero-order chi connectivity index (χ0) is 19.4. The Labute approximate surface area is 169 Å². The highest BCUT2D eigenvalue weighted by Crippen LogP contribution is 2.30. The molecule has 1 heterocycles. The third-order valence-corrected chi connectivity index (χ3v) is 5.69. The number of hydrogen-bond acceptors (Lipinski definition) is 6. The first-order chi connectivity index (χ1) is 13.0. The van der Waals surface area contributed by atoms with Crippen molar-refractivity contribution in [3.05, 3.63) is 39.2 Å². The Morgan fingerprint density at radius 3 is 2.89 bits per heavy atom. The summed E-state index contributed by atoms with van der Waals surface area (Å²) in [5, 5.41) is 25.2. The van der Waals surface area contributed by atoms with Gasteiger partial charge in [0.15, 0.2) is 5.82 Å². The molecule has 1 aromatic carbocycles. The van der Waals surface area contributed by atoms with Crippen molar-refractivity contribution in [1.29, 1.82) is 5.26 Å². The van der Waals surface area contributed by atoms with E-state index < -0.39 is 5.82 Å². The first-order valence-electron chi connectivity index (χ1n) is 8.56. The fourth-order valence-corrected chi connectivity index (χ4v) is 3.62. The number of aromatic nitrogens is 2. The number of nitriles is 1. The van der Waals surface area contributed by atoms with Crippen LogP contribution in [-0.2, 0) is 6.61 Å². The van der Waals surface area contributed by atoms with Crippen LogP contribution in [0.3, 0.4) is 0 Å². The van der Waals surface area contributed by atoms with Gasteiger partial charge in [0, 0.05) is 11.7 Å². The molecule has 1 aliphatic carbocycles. The standard InChI is InChI=1S/C18H18BrClFN5O/c19-16-11(9-27)5-12(6-14(16)21)24-18-23-8-13(20)17(26-18)25-15-4-2-1-3-10(15)7-22/h5-6,8,10,15,27H,1-4,9H2,(H2,23,24,25,26). The van der Waals surface area contributed by atoms with E-state index in [9.17, 15) is 14.8 Å². The van der Waals surface area contributed by atoms with Crippen LogP contribution in [0.15, 0.2) is 22.8 Å². The fraction of sp³-hybridized carbons (Fsp3) is 0.389. The van der Waals surface area contributed by atoms with Crippen molar-refractivity contribution in [2.24, 2.45) is 5.92 Å². The van der Waals surface area contributed by atoms with E-state index in [1.165, 1.54) is 12.3 Å². The first-order valence-corrected chi connectivity index (χ1v) is 9.73. The fourth-order valence-electron chi connectivity index (χ4n) is 3.12. The van der Waals surface area contributed by atoms with Gasteiger partial charge in [0.2, 0.25) is 5.95 Å². The average Bonchev–Trinajstić information content (AvgIpc) is 2.67. The predicted octanol–water partition coefficient (Wildman–Crippen LogP) is 4.76. The van der Waals surface area contributed by atoms with Gasteiger partial charge in [-0.2, -0.15) is 10.2 Å². The normalized spacial score (nSPS) is 19.4. The molecule has 2 aromatic rings. The summed E-state index contributed by atoms with van der Waals surface area (Å²) in [6, 6.07) is 5.20. The van der Waals surface area contributed by atoms with Gasteiger partial charge in [-0.1, -0.05) is 24.4 Å². The number of nitrogens with one attached hydrogen (secondary N) is 2. The molecule has 0 amide bonds. The van der Waals surface area contributed by atoms with Gasteiger partial charge in [-0.05, 0) is 46.5 Å². The van der Waals surface area contributed by atoms with Crippen LogP contribution in [-0.4, -0.2) is 21.1 Å². The number of hydrogen-bond donors (Lipinski definition) is 3. The Kier molecular flexibility index (Phi) is 6.47. The second-order valence-corrected chi connectivity index (χ2v) is 7.58. The van der Waals surface area contributed by atoms with E-state index in [0.717, 1.165) is 25.7 Å². The van der Waals surface area contributed by atoms with Crippen molar-refractivity contribution in [3.63, 3.8) is 0 Å². The van der Waals surface area contributed by atoms with Crippen LogP contribution in [0.25, 0.3) is 0 Å².